The van der Waals surface area contributed by atoms with E-state index in [0.717, 1.165) is 12.1 Å². The summed E-state index contributed by atoms with van der Waals surface area (Å²) in [6, 6.07) is 7.34. The van der Waals surface area contributed by atoms with Crippen molar-refractivity contribution in [2.24, 2.45) is 7.05 Å². The molecule has 0 aliphatic carbocycles. The lowest BCUT2D eigenvalue weighted by Crippen LogP contribution is -2.06. The summed E-state index contributed by atoms with van der Waals surface area (Å²) in [5.74, 6) is 1.36. The molecular formula is C13H17N3O2. The van der Waals surface area contributed by atoms with Gasteiger partial charge in [-0.2, -0.15) is 5.10 Å². The number of nitrogens with zero attached hydrogens (tertiary/aromatic N) is 2. The van der Waals surface area contributed by atoms with Crippen molar-refractivity contribution in [1.29, 1.82) is 0 Å². The Kier molecular flexibility index (Phi) is 3.72. The molecule has 2 N–H and O–H groups in total. The molecule has 2 rings (SSSR count). The predicted octanol–water partition coefficient (Wildman–Crippen LogP) is 1.63. The minimum absolute atomic E-state index is 0.569. The van der Waals surface area contributed by atoms with Crippen LogP contribution in [0.3, 0.4) is 0 Å². The van der Waals surface area contributed by atoms with Gasteiger partial charge in [0.15, 0.2) is 11.5 Å². The number of hydrogen-bond acceptors (Lipinski definition) is 4. The Morgan fingerprint density at radius 3 is 2.78 bits per heavy atom. The van der Waals surface area contributed by atoms with E-state index >= 15 is 0 Å². The number of anilines is 1. The van der Waals surface area contributed by atoms with Crippen LogP contribution in [0.5, 0.6) is 11.5 Å². The summed E-state index contributed by atoms with van der Waals surface area (Å²) in [4.78, 5) is 0. The Morgan fingerprint density at radius 1 is 1.28 bits per heavy atom. The second kappa shape index (κ2) is 5.44. The zero-order valence-electron chi connectivity index (χ0n) is 10.6. The van der Waals surface area contributed by atoms with Crippen LogP contribution in [-0.2, 0) is 13.5 Å². The Labute approximate surface area is 106 Å². The van der Waals surface area contributed by atoms with Gasteiger partial charge in [0.05, 0.1) is 13.7 Å². The molecule has 0 radical (unpaired) electrons. The Morgan fingerprint density at radius 2 is 2.11 bits per heavy atom. The average Bonchev–Trinajstić information content (AvgIpc) is 2.77. The molecule has 0 saturated carbocycles. The summed E-state index contributed by atoms with van der Waals surface area (Å²) in [7, 11) is 3.52. The van der Waals surface area contributed by atoms with E-state index in [0.29, 0.717) is 23.8 Å². The van der Waals surface area contributed by atoms with Crippen LogP contribution in [0.25, 0.3) is 0 Å². The topological polar surface area (TPSA) is 62.3 Å². The van der Waals surface area contributed by atoms with Crippen LogP contribution in [0, 0.1) is 0 Å². The maximum absolute atomic E-state index is 5.69. The second-order valence-electron chi connectivity index (χ2n) is 3.95. The van der Waals surface area contributed by atoms with Crippen molar-refractivity contribution in [3.05, 3.63) is 36.2 Å². The van der Waals surface area contributed by atoms with Crippen LogP contribution in [0.15, 0.2) is 30.5 Å². The average molecular weight is 247 g/mol. The molecule has 1 aromatic carbocycles. The number of aryl methyl sites for hydroxylation is 1. The third-order valence-electron chi connectivity index (χ3n) is 2.73. The molecule has 5 nitrogen and oxygen atoms in total. The molecule has 0 unspecified atom stereocenters. The van der Waals surface area contributed by atoms with Crippen molar-refractivity contribution in [2.75, 3.05) is 19.5 Å². The molecule has 0 fully saturated rings. The summed E-state index contributed by atoms with van der Waals surface area (Å²) in [6.45, 7) is 0.569. The summed E-state index contributed by atoms with van der Waals surface area (Å²) in [6.07, 6.45) is 2.57. The third kappa shape index (κ3) is 2.74. The SMILES string of the molecule is COc1cc(N)ccc1OCCc1ccnn1C. The van der Waals surface area contributed by atoms with Crippen LogP contribution in [0.1, 0.15) is 5.69 Å². The number of nitrogens with two attached hydrogens (primary N) is 1. The molecule has 0 spiro atoms. The summed E-state index contributed by atoms with van der Waals surface area (Å²) in [5.41, 5.74) is 7.47. The van der Waals surface area contributed by atoms with Crippen molar-refractivity contribution >= 4 is 5.69 Å². The maximum Gasteiger partial charge on any atom is 0.162 e. The second-order valence-corrected chi connectivity index (χ2v) is 3.95. The molecule has 0 atom stereocenters. The molecule has 18 heavy (non-hydrogen) atoms. The largest absolute Gasteiger partial charge is 0.493 e. The summed E-state index contributed by atoms with van der Waals surface area (Å²) < 4.78 is 12.7. The molecule has 2 aromatic rings. The van der Waals surface area contributed by atoms with Crippen LogP contribution in [0.4, 0.5) is 5.69 Å². The normalized spacial score (nSPS) is 10.3. The molecule has 1 aromatic heterocycles. The number of benzene rings is 1. The van der Waals surface area contributed by atoms with E-state index in [9.17, 15) is 0 Å². The lowest BCUT2D eigenvalue weighted by atomic mass is 10.3. The summed E-state index contributed by atoms with van der Waals surface area (Å²) in [5, 5.41) is 4.11. The van der Waals surface area contributed by atoms with Crippen LogP contribution >= 0.6 is 0 Å². The van der Waals surface area contributed by atoms with Gasteiger partial charge in [-0.05, 0) is 18.2 Å². The Balaban J connectivity index is 1.96. The van der Waals surface area contributed by atoms with Gasteiger partial charge in [0.2, 0.25) is 0 Å². The lowest BCUT2D eigenvalue weighted by molar-refractivity contribution is 0.295. The fraction of sp³-hybridized carbons (Fsp3) is 0.308. The van der Waals surface area contributed by atoms with E-state index in [1.807, 2.05) is 23.9 Å². The van der Waals surface area contributed by atoms with Gasteiger partial charge in [-0.15, -0.1) is 0 Å². The number of rotatable bonds is 5. The number of nitrogen functional groups attached to an aromatic ring is 1. The quantitative estimate of drug-likeness (QED) is 0.816. The van der Waals surface area contributed by atoms with Crippen LogP contribution < -0.4 is 15.2 Å². The first-order valence-electron chi connectivity index (χ1n) is 5.74. The van der Waals surface area contributed by atoms with E-state index < -0.39 is 0 Å². The Hall–Kier alpha value is -2.17. The zero-order chi connectivity index (χ0) is 13.0. The molecular weight excluding hydrogens is 230 g/mol. The molecule has 0 aliphatic rings. The summed E-state index contributed by atoms with van der Waals surface area (Å²) >= 11 is 0. The van der Waals surface area contributed by atoms with Gasteiger partial charge in [-0.3, -0.25) is 4.68 Å². The van der Waals surface area contributed by atoms with Gasteiger partial charge in [-0.1, -0.05) is 0 Å². The van der Waals surface area contributed by atoms with Gasteiger partial charge >= 0.3 is 0 Å². The monoisotopic (exact) mass is 247 g/mol. The lowest BCUT2D eigenvalue weighted by Gasteiger charge is -2.11. The van der Waals surface area contributed by atoms with Crippen molar-refractivity contribution in [3.63, 3.8) is 0 Å². The van der Waals surface area contributed by atoms with E-state index in [1.54, 1.807) is 25.4 Å². The van der Waals surface area contributed by atoms with Gasteiger partial charge in [-0.25, -0.2) is 0 Å². The minimum atomic E-state index is 0.569. The fourth-order valence-corrected chi connectivity index (χ4v) is 1.72. The first-order chi connectivity index (χ1) is 8.70. The highest BCUT2D eigenvalue weighted by Gasteiger charge is 2.05. The molecule has 5 heteroatoms. The van der Waals surface area contributed by atoms with E-state index in [4.69, 9.17) is 15.2 Å². The highest BCUT2D eigenvalue weighted by atomic mass is 16.5. The molecule has 1 heterocycles. The number of hydrogen-bond donors (Lipinski definition) is 1. The maximum atomic E-state index is 5.69. The van der Waals surface area contributed by atoms with Crippen molar-refractivity contribution in [1.82, 2.24) is 9.78 Å². The highest BCUT2D eigenvalue weighted by Crippen LogP contribution is 2.28. The van der Waals surface area contributed by atoms with Crippen molar-refractivity contribution < 1.29 is 9.47 Å². The molecule has 0 saturated heterocycles. The number of ether oxygens (including phenoxy) is 2. The van der Waals surface area contributed by atoms with Gasteiger partial charge in [0.25, 0.3) is 0 Å². The highest BCUT2D eigenvalue weighted by molar-refractivity contribution is 5.51. The smallest absolute Gasteiger partial charge is 0.162 e. The number of methoxy groups -OCH3 is 1. The van der Waals surface area contributed by atoms with Crippen LogP contribution in [0.2, 0.25) is 0 Å². The van der Waals surface area contributed by atoms with E-state index in [1.165, 1.54) is 0 Å². The van der Waals surface area contributed by atoms with Crippen molar-refractivity contribution in [3.8, 4) is 11.5 Å². The number of aromatic nitrogens is 2. The van der Waals surface area contributed by atoms with Gasteiger partial charge in [0.1, 0.15) is 0 Å². The standard InChI is InChI=1S/C13H17N3O2/c1-16-11(5-7-15-16)6-8-18-12-4-3-10(14)9-13(12)17-2/h3-5,7,9H,6,8,14H2,1-2H3. The minimum Gasteiger partial charge on any atom is -0.493 e. The van der Waals surface area contributed by atoms with Crippen molar-refractivity contribution in [2.45, 2.75) is 6.42 Å². The first kappa shape index (κ1) is 12.3. The third-order valence-corrected chi connectivity index (χ3v) is 2.73. The predicted molar refractivity (Wildman–Crippen MR) is 69.8 cm³/mol. The molecule has 96 valence electrons. The fourth-order valence-electron chi connectivity index (χ4n) is 1.72. The molecule has 0 bridgehead atoms. The van der Waals surface area contributed by atoms with E-state index in [-0.39, 0.29) is 0 Å². The van der Waals surface area contributed by atoms with Gasteiger partial charge in [0, 0.05) is 37.1 Å². The Bertz CT molecular complexity index is 523. The molecule has 0 aliphatic heterocycles. The zero-order valence-corrected chi connectivity index (χ0v) is 10.6. The van der Waals surface area contributed by atoms with E-state index in [2.05, 4.69) is 5.10 Å². The van der Waals surface area contributed by atoms with Crippen LogP contribution in [-0.4, -0.2) is 23.5 Å². The molecule has 0 amide bonds. The first-order valence-corrected chi connectivity index (χ1v) is 5.74. The van der Waals surface area contributed by atoms with Gasteiger partial charge < -0.3 is 15.2 Å².